The monoisotopic (exact) mass is 438 g/mol. The Hall–Kier alpha value is -3.55. The zero-order valence-electron chi connectivity index (χ0n) is 18.0. The second-order valence-electron chi connectivity index (χ2n) is 7.57. The van der Waals surface area contributed by atoms with E-state index in [0.717, 1.165) is 56.2 Å². The quantitative estimate of drug-likeness (QED) is 0.400. The number of guanidine groups is 1. The predicted octanol–water partition coefficient (Wildman–Crippen LogP) is 2.21. The molecule has 0 fully saturated rings. The van der Waals surface area contributed by atoms with Crippen LogP contribution in [0.1, 0.15) is 35.2 Å². The van der Waals surface area contributed by atoms with Crippen LogP contribution in [0.2, 0.25) is 0 Å². The Morgan fingerprint density at radius 2 is 1.88 bits per heavy atom. The number of aliphatic carboxylic acids is 1. The number of carboxylic acids is 1. The number of benzene rings is 2. The first-order valence-electron chi connectivity index (χ1n) is 10.9. The Labute approximate surface area is 188 Å². The number of amides is 1. The number of rotatable bonds is 11. The van der Waals surface area contributed by atoms with Gasteiger partial charge in [0.1, 0.15) is 11.8 Å². The summed E-state index contributed by atoms with van der Waals surface area (Å²) >= 11 is 0. The van der Waals surface area contributed by atoms with Crippen molar-refractivity contribution in [2.45, 2.75) is 31.7 Å². The van der Waals surface area contributed by atoms with Crippen LogP contribution in [-0.4, -0.2) is 55.2 Å². The largest absolute Gasteiger partial charge is 0.494 e. The molecule has 8 nitrogen and oxygen atoms in total. The highest BCUT2D eigenvalue weighted by Crippen LogP contribution is 2.14. The average Bonchev–Trinajstić information content (AvgIpc) is 2.83. The van der Waals surface area contributed by atoms with Crippen LogP contribution in [0.5, 0.6) is 5.75 Å². The smallest absolute Gasteiger partial charge is 0.326 e. The van der Waals surface area contributed by atoms with Crippen LogP contribution in [0.25, 0.3) is 0 Å². The molecule has 8 heteroatoms. The van der Waals surface area contributed by atoms with Gasteiger partial charge in [0, 0.05) is 31.6 Å². The van der Waals surface area contributed by atoms with Crippen LogP contribution in [0, 0.1) is 0 Å². The summed E-state index contributed by atoms with van der Waals surface area (Å²) in [5.41, 5.74) is 1.24. The molecule has 2 aromatic rings. The lowest BCUT2D eigenvalue weighted by atomic mass is 10.1. The minimum atomic E-state index is -1.07. The molecule has 0 aromatic heterocycles. The maximum atomic E-state index is 12.3. The van der Waals surface area contributed by atoms with Crippen molar-refractivity contribution < 1.29 is 19.4 Å². The third kappa shape index (κ3) is 7.61. The average molecular weight is 439 g/mol. The van der Waals surface area contributed by atoms with Gasteiger partial charge in [-0.2, -0.15) is 0 Å². The van der Waals surface area contributed by atoms with E-state index in [1.165, 1.54) is 0 Å². The number of carboxylic acid groups (broad SMARTS) is 1. The van der Waals surface area contributed by atoms with Crippen molar-refractivity contribution in [3.05, 3.63) is 65.7 Å². The van der Waals surface area contributed by atoms with Gasteiger partial charge in [-0.3, -0.25) is 9.79 Å². The second kappa shape index (κ2) is 12.3. The Morgan fingerprint density at radius 3 is 2.56 bits per heavy atom. The van der Waals surface area contributed by atoms with Crippen LogP contribution in [0.4, 0.5) is 0 Å². The van der Waals surface area contributed by atoms with Gasteiger partial charge < -0.3 is 25.8 Å². The van der Waals surface area contributed by atoms with Gasteiger partial charge in [-0.05, 0) is 49.1 Å². The maximum Gasteiger partial charge on any atom is 0.326 e. The molecule has 2 aromatic carbocycles. The topological polar surface area (TPSA) is 112 Å². The summed E-state index contributed by atoms with van der Waals surface area (Å²) in [5, 5.41) is 18.6. The lowest BCUT2D eigenvalue weighted by molar-refractivity contribution is -0.139. The summed E-state index contributed by atoms with van der Waals surface area (Å²) in [4.78, 5) is 28.3. The number of carbonyl (C=O) groups excluding carboxylic acids is 1. The zero-order chi connectivity index (χ0) is 22.6. The minimum absolute atomic E-state index is 0.192. The van der Waals surface area contributed by atoms with Crippen LogP contribution in [0.3, 0.4) is 0 Å². The minimum Gasteiger partial charge on any atom is -0.494 e. The number of hydrogen-bond acceptors (Lipinski definition) is 6. The van der Waals surface area contributed by atoms with E-state index < -0.39 is 17.9 Å². The molecule has 0 saturated carbocycles. The van der Waals surface area contributed by atoms with E-state index in [1.54, 1.807) is 30.3 Å². The Balaban J connectivity index is 1.39. The van der Waals surface area contributed by atoms with Crippen molar-refractivity contribution in [3.63, 3.8) is 0 Å². The van der Waals surface area contributed by atoms with Crippen molar-refractivity contribution in [1.82, 2.24) is 16.0 Å². The SMILES string of the molecule is O=C(NC(Cc1ccc(OCCCCNC2=NCCCN2)cc1)C(=O)O)c1ccccc1. The number of unbranched alkanes of at least 4 members (excludes halogenated alkanes) is 1. The highest BCUT2D eigenvalue weighted by Gasteiger charge is 2.21. The summed E-state index contributed by atoms with van der Waals surface area (Å²) in [6, 6.07) is 14.9. The van der Waals surface area contributed by atoms with Gasteiger partial charge in [0.15, 0.2) is 5.96 Å². The maximum absolute atomic E-state index is 12.3. The summed E-state index contributed by atoms with van der Waals surface area (Å²) in [5.74, 6) is 0.143. The normalized spacial score (nSPS) is 13.9. The summed E-state index contributed by atoms with van der Waals surface area (Å²) in [6.45, 7) is 3.30. The van der Waals surface area contributed by atoms with E-state index in [1.807, 2.05) is 24.3 Å². The lowest BCUT2D eigenvalue weighted by Crippen LogP contribution is -2.42. The van der Waals surface area contributed by atoms with E-state index in [2.05, 4.69) is 20.9 Å². The highest BCUT2D eigenvalue weighted by molar-refractivity contribution is 5.96. The first-order valence-corrected chi connectivity index (χ1v) is 10.9. The Morgan fingerprint density at radius 1 is 1.09 bits per heavy atom. The molecule has 4 N–H and O–H groups in total. The van der Waals surface area contributed by atoms with Gasteiger partial charge in [0.05, 0.1) is 6.61 Å². The van der Waals surface area contributed by atoms with Gasteiger partial charge in [-0.25, -0.2) is 4.79 Å². The molecule has 0 spiro atoms. The third-order valence-electron chi connectivity index (χ3n) is 5.03. The van der Waals surface area contributed by atoms with Crippen molar-refractivity contribution in [1.29, 1.82) is 0 Å². The fourth-order valence-corrected chi connectivity index (χ4v) is 3.26. The van der Waals surface area contributed by atoms with Gasteiger partial charge >= 0.3 is 5.97 Å². The Bertz CT molecular complexity index is 900. The molecule has 0 saturated heterocycles. The van der Waals surface area contributed by atoms with Crippen LogP contribution < -0.4 is 20.7 Å². The molecule has 3 rings (SSSR count). The number of ether oxygens (including phenoxy) is 1. The zero-order valence-corrected chi connectivity index (χ0v) is 18.0. The summed E-state index contributed by atoms with van der Waals surface area (Å²) in [6.07, 6.45) is 3.16. The fourth-order valence-electron chi connectivity index (χ4n) is 3.26. The Kier molecular flexibility index (Phi) is 8.92. The number of nitrogens with one attached hydrogen (secondary N) is 3. The number of carbonyl (C=O) groups is 2. The molecule has 1 atom stereocenters. The first-order chi connectivity index (χ1) is 15.6. The molecule has 32 heavy (non-hydrogen) atoms. The van der Waals surface area contributed by atoms with Gasteiger partial charge in [0.25, 0.3) is 5.91 Å². The number of nitrogens with zero attached hydrogens (tertiary/aromatic N) is 1. The second-order valence-corrected chi connectivity index (χ2v) is 7.57. The van der Waals surface area contributed by atoms with E-state index in [0.29, 0.717) is 12.2 Å². The van der Waals surface area contributed by atoms with Crippen LogP contribution >= 0.6 is 0 Å². The molecule has 1 heterocycles. The predicted molar refractivity (Wildman–Crippen MR) is 123 cm³/mol. The number of hydrogen-bond donors (Lipinski definition) is 4. The number of aliphatic imine (C=N–C) groups is 1. The van der Waals surface area contributed by atoms with E-state index in [4.69, 9.17) is 4.74 Å². The van der Waals surface area contributed by atoms with Gasteiger partial charge in [-0.1, -0.05) is 30.3 Å². The first kappa shape index (κ1) is 23.1. The third-order valence-corrected chi connectivity index (χ3v) is 5.03. The van der Waals surface area contributed by atoms with Crippen LogP contribution in [0.15, 0.2) is 59.6 Å². The van der Waals surface area contributed by atoms with E-state index in [-0.39, 0.29) is 6.42 Å². The molecule has 0 radical (unpaired) electrons. The molecule has 1 aliphatic rings. The van der Waals surface area contributed by atoms with Crippen molar-refractivity contribution in [2.24, 2.45) is 4.99 Å². The van der Waals surface area contributed by atoms with Crippen molar-refractivity contribution >= 4 is 17.8 Å². The molecule has 0 bridgehead atoms. The van der Waals surface area contributed by atoms with E-state index >= 15 is 0 Å². The highest BCUT2D eigenvalue weighted by atomic mass is 16.5. The van der Waals surface area contributed by atoms with Crippen LogP contribution in [-0.2, 0) is 11.2 Å². The fraction of sp³-hybridized carbons (Fsp3) is 0.375. The molecular formula is C24H30N4O4. The molecule has 1 amide bonds. The summed E-state index contributed by atoms with van der Waals surface area (Å²) < 4.78 is 5.77. The van der Waals surface area contributed by atoms with Gasteiger partial charge in [0.2, 0.25) is 0 Å². The standard InChI is InChI=1S/C24H30N4O4/c29-22(19-7-2-1-3-8-19)28-21(23(30)31)17-18-9-11-20(12-10-18)32-16-5-4-13-25-24-26-14-6-15-27-24/h1-3,7-12,21H,4-6,13-17H2,(H,28,29)(H,30,31)(H2,25,26,27). The molecule has 170 valence electrons. The summed E-state index contributed by atoms with van der Waals surface area (Å²) in [7, 11) is 0. The lowest BCUT2D eigenvalue weighted by Gasteiger charge is -2.16. The van der Waals surface area contributed by atoms with E-state index in [9.17, 15) is 14.7 Å². The molecule has 1 unspecified atom stereocenters. The molecule has 1 aliphatic heterocycles. The van der Waals surface area contributed by atoms with Crippen molar-refractivity contribution in [3.8, 4) is 5.75 Å². The van der Waals surface area contributed by atoms with Gasteiger partial charge in [-0.15, -0.1) is 0 Å². The van der Waals surface area contributed by atoms with Crippen molar-refractivity contribution in [2.75, 3.05) is 26.2 Å². The molecule has 0 aliphatic carbocycles. The molecular weight excluding hydrogens is 408 g/mol.